The molecule has 0 saturated carbocycles. The number of benzene rings is 1. The topological polar surface area (TPSA) is 57.5 Å². The lowest BCUT2D eigenvalue weighted by molar-refractivity contribution is -0.134. The summed E-state index contributed by atoms with van der Waals surface area (Å²) in [4.78, 5) is 9.00. The van der Waals surface area contributed by atoms with Gasteiger partial charge in [0, 0.05) is 13.5 Å². The molecule has 0 atom stereocenters. The molecular formula is C12H18O3. The van der Waals surface area contributed by atoms with Crippen LogP contribution in [0.2, 0.25) is 0 Å². The smallest absolute Gasteiger partial charge is 0.300 e. The lowest BCUT2D eigenvalue weighted by Crippen LogP contribution is -1.95. The molecule has 15 heavy (non-hydrogen) atoms. The van der Waals surface area contributed by atoms with Crippen molar-refractivity contribution < 1.29 is 15.0 Å². The van der Waals surface area contributed by atoms with Crippen molar-refractivity contribution in [2.24, 2.45) is 0 Å². The number of carboxylic acids is 1. The molecule has 0 bridgehead atoms. The highest BCUT2D eigenvalue weighted by Crippen LogP contribution is 2.12. The zero-order chi connectivity index (χ0) is 11.8. The third kappa shape index (κ3) is 5.86. The molecule has 0 aliphatic rings. The Hall–Kier alpha value is -1.35. The molecule has 0 amide bonds. The highest BCUT2D eigenvalue weighted by molar-refractivity contribution is 5.62. The van der Waals surface area contributed by atoms with Gasteiger partial charge in [-0.3, -0.25) is 4.79 Å². The molecule has 1 aromatic rings. The molecule has 0 spiro atoms. The summed E-state index contributed by atoms with van der Waals surface area (Å²) in [5.41, 5.74) is 3.87. The summed E-state index contributed by atoms with van der Waals surface area (Å²) in [5.74, 6) is -0.833. The lowest BCUT2D eigenvalue weighted by Gasteiger charge is -2.05. The molecule has 1 aromatic carbocycles. The predicted molar refractivity (Wildman–Crippen MR) is 60.0 cm³/mol. The molecule has 0 unspecified atom stereocenters. The molecule has 3 heteroatoms. The van der Waals surface area contributed by atoms with Gasteiger partial charge in [0.2, 0.25) is 0 Å². The number of aliphatic hydroxyl groups is 1. The van der Waals surface area contributed by atoms with Crippen molar-refractivity contribution >= 4 is 5.97 Å². The largest absolute Gasteiger partial charge is 0.481 e. The molecule has 3 nitrogen and oxygen atoms in total. The van der Waals surface area contributed by atoms with Gasteiger partial charge in [0.15, 0.2) is 0 Å². The van der Waals surface area contributed by atoms with E-state index in [2.05, 4.69) is 26.0 Å². The van der Waals surface area contributed by atoms with Gasteiger partial charge in [0.1, 0.15) is 0 Å². The van der Waals surface area contributed by atoms with Crippen LogP contribution in [0.1, 0.15) is 23.6 Å². The lowest BCUT2D eigenvalue weighted by atomic mass is 10.0. The Labute approximate surface area is 90.4 Å². The number of hydrogen-bond acceptors (Lipinski definition) is 2. The van der Waals surface area contributed by atoms with E-state index in [1.165, 1.54) is 16.7 Å². The first-order valence-corrected chi connectivity index (χ1v) is 4.84. The van der Waals surface area contributed by atoms with E-state index in [9.17, 15) is 0 Å². The van der Waals surface area contributed by atoms with E-state index >= 15 is 0 Å². The van der Waals surface area contributed by atoms with Gasteiger partial charge in [-0.05, 0) is 37.0 Å². The molecule has 0 aliphatic carbocycles. The summed E-state index contributed by atoms with van der Waals surface area (Å²) in [7, 11) is 0. The van der Waals surface area contributed by atoms with Crippen molar-refractivity contribution in [1.82, 2.24) is 0 Å². The van der Waals surface area contributed by atoms with Crippen LogP contribution in [0.25, 0.3) is 0 Å². The second-order valence-electron chi connectivity index (χ2n) is 3.35. The number of rotatable bonds is 2. The Balaban J connectivity index is 0.000000423. The third-order valence-electron chi connectivity index (χ3n) is 2.10. The van der Waals surface area contributed by atoms with E-state index in [0.717, 1.165) is 13.3 Å². The molecule has 0 fully saturated rings. The molecule has 1 rings (SSSR count). The highest BCUT2D eigenvalue weighted by Gasteiger charge is 1.98. The van der Waals surface area contributed by atoms with Gasteiger partial charge in [-0.25, -0.2) is 0 Å². The summed E-state index contributed by atoms with van der Waals surface area (Å²) < 4.78 is 0. The van der Waals surface area contributed by atoms with E-state index in [1.807, 2.05) is 6.07 Å². The summed E-state index contributed by atoms with van der Waals surface area (Å²) in [6, 6.07) is 6.20. The minimum atomic E-state index is -0.833. The molecule has 0 aromatic heterocycles. The van der Waals surface area contributed by atoms with Crippen molar-refractivity contribution in [2.75, 3.05) is 6.61 Å². The first kappa shape index (κ1) is 13.7. The zero-order valence-electron chi connectivity index (χ0n) is 9.45. The predicted octanol–water partition coefficient (Wildman–Crippen LogP) is 1.93. The van der Waals surface area contributed by atoms with Crippen LogP contribution in [0.5, 0.6) is 0 Å². The van der Waals surface area contributed by atoms with Gasteiger partial charge in [-0.2, -0.15) is 0 Å². The van der Waals surface area contributed by atoms with Crippen LogP contribution in [-0.2, 0) is 11.2 Å². The molecule has 0 saturated heterocycles. The van der Waals surface area contributed by atoms with Gasteiger partial charge < -0.3 is 10.2 Å². The minimum absolute atomic E-state index is 0.240. The first-order valence-electron chi connectivity index (χ1n) is 4.84. The van der Waals surface area contributed by atoms with Gasteiger partial charge >= 0.3 is 0 Å². The van der Waals surface area contributed by atoms with Crippen molar-refractivity contribution in [2.45, 2.75) is 27.2 Å². The molecule has 0 aliphatic heterocycles. The fraction of sp³-hybridized carbons (Fsp3) is 0.417. The van der Waals surface area contributed by atoms with Crippen molar-refractivity contribution in [3.8, 4) is 0 Å². The van der Waals surface area contributed by atoms with Crippen LogP contribution in [0.3, 0.4) is 0 Å². The Morgan fingerprint density at radius 3 is 2.33 bits per heavy atom. The van der Waals surface area contributed by atoms with Crippen molar-refractivity contribution in [1.29, 1.82) is 0 Å². The van der Waals surface area contributed by atoms with Crippen LogP contribution in [-0.4, -0.2) is 22.8 Å². The van der Waals surface area contributed by atoms with E-state index in [-0.39, 0.29) is 6.61 Å². The first-order chi connectivity index (χ1) is 6.99. The van der Waals surface area contributed by atoms with E-state index in [4.69, 9.17) is 15.0 Å². The summed E-state index contributed by atoms with van der Waals surface area (Å²) in [6.45, 7) is 5.51. The van der Waals surface area contributed by atoms with Gasteiger partial charge in [-0.15, -0.1) is 0 Å². The van der Waals surface area contributed by atoms with Crippen LogP contribution < -0.4 is 0 Å². The quantitative estimate of drug-likeness (QED) is 0.784. The maximum atomic E-state index is 9.00. The Bertz CT molecular complexity index is 315. The Morgan fingerprint density at radius 1 is 1.33 bits per heavy atom. The molecule has 84 valence electrons. The van der Waals surface area contributed by atoms with Gasteiger partial charge in [0.05, 0.1) is 0 Å². The third-order valence-corrected chi connectivity index (χ3v) is 2.10. The number of carbonyl (C=O) groups is 1. The SMILES string of the molecule is CC(=O)O.Cc1cccc(CCO)c1C. The number of aliphatic hydroxyl groups excluding tert-OH is 1. The molecule has 0 radical (unpaired) electrons. The second-order valence-corrected chi connectivity index (χ2v) is 3.35. The number of aliphatic carboxylic acids is 1. The van der Waals surface area contributed by atoms with Gasteiger partial charge in [-0.1, -0.05) is 18.2 Å². The fourth-order valence-corrected chi connectivity index (χ4v) is 1.20. The average molecular weight is 210 g/mol. The fourth-order valence-electron chi connectivity index (χ4n) is 1.20. The van der Waals surface area contributed by atoms with Crippen molar-refractivity contribution in [3.05, 3.63) is 34.9 Å². The zero-order valence-corrected chi connectivity index (χ0v) is 9.45. The normalized spacial score (nSPS) is 9.07. The summed E-state index contributed by atoms with van der Waals surface area (Å²) in [6.07, 6.45) is 0.771. The Kier molecular flexibility index (Phi) is 6.38. The number of aryl methyl sites for hydroxylation is 1. The standard InChI is InChI=1S/C10H14O.C2H4O2/c1-8-4-3-5-10(6-7-11)9(8)2;1-2(3)4/h3-5,11H,6-7H2,1-2H3;1H3,(H,3,4). The van der Waals surface area contributed by atoms with E-state index in [0.29, 0.717) is 0 Å². The number of carboxylic acid groups (broad SMARTS) is 1. The van der Waals surface area contributed by atoms with E-state index < -0.39 is 5.97 Å². The van der Waals surface area contributed by atoms with E-state index in [1.54, 1.807) is 0 Å². The monoisotopic (exact) mass is 210 g/mol. The summed E-state index contributed by atoms with van der Waals surface area (Å²) >= 11 is 0. The number of hydrogen-bond donors (Lipinski definition) is 2. The minimum Gasteiger partial charge on any atom is -0.481 e. The van der Waals surface area contributed by atoms with Crippen LogP contribution in [0, 0.1) is 13.8 Å². The Morgan fingerprint density at radius 2 is 1.87 bits per heavy atom. The van der Waals surface area contributed by atoms with Crippen LogP contribution in [0.15, 0.2) is 18.2 Å². The maximum Gasteiger partial charge on any atom is 0.300 e. The molecular weight excluding hydrogens is 192 g/mol. The second kappa shape index (κ2) is 7.01. The molecule has 2 N–H and O–H groups in total. The summed E-state index contributed by atoms with van der Waals surface area (Å²) in [5, 5.41) is 16.2. The maximum absolute atomic E-state index is 9.00. The molecule has 0 heterocycles. The van der Waals surface area contributed by atoms with Crippen LogP contribution >= 0.6 is 0 Å². The highest BCUT2D eigenvalue weighted by atomic mass is 16.4. The van der Waals surface area contributed by atoms with Crippen LogP contribution in [0.4, 0.5) is 0 Å². The van der Waals surface area contributed by atoms with Gasteiger partial charge in [0.25, 0.3) is 5.97 Å². The van der Waals surface area contributed by atoms with Crippen molar-refractivity contribution in [3.63, 3.8) is 0 Å². The average Bonchev–Trinajstić information content (AvgIpc) is 2.12.